The van der Waals surface area contributed by atoms with Crippen molar-refractivity contribution in [1.29, 1.82) is 0 Å². The van der Waals surface area contributed by atoms with E-state index >= 15 is 0 Å². The van der Waals surface area contributed by atoms with Gasteiger partial charge in [-0.25, -0.2) is 15.0 Å². The molecule has 238 valence electrons. The minimum absolute atomic E-state index is 0.356. The summed E-state index contributed by atoms with van der Waals surface area (Å²) < 4.78 is 8.81. The van der Waals surface area contributed by atoms with E-state index in [1.165, 1.54) is 64.3 Å². The number of rotatable bonds is 4. The lowest BCUT2D eigenvalue weighted by molar-refractivity contribution is -0.00545. The highest BCUT2D eigenvalue weighted by Gasteiger charge is 2.51. The molecule has 8 aromatic rings. The third-order valence-corrected chi connectivity index (χ3v) is 13.1. The molecule has 4 aliphatic rings. The molecule has 5 aromatic carbocycles. The van der Waals surface area contributed by atoms with Crippen molar-refractivity contribution in [3.63, 3.8) is 0 Å². The van der Waals surface area contributed by atoms with Gasteiger partial charge in [0, 0.05) is 47.6 Å². The highest BCUT2D eigenvalue weighted by molar-refractivity contribution is 7.25. The fraction of sp³-hybridized carbons (Fsp3) is 0.250. The molecule has 4 saturated carbocycles. The Morgan fingerprint density at radius 1 is 0.551 bits per heavy atom. The van der Waals surface area contributed by atoms with Gasteiger partial charge >= 0.3 is 0 Å². The molecular formula is C44H35N3OS. The number of fused-ring (bicyclic) bond motifs is 6. The Balaban J connectivity index is 1.06. The number of benzene rings is 5. The standard InChI is InChI=1S/C44H35N3OS/c1-25-16-29(12-15-36(25)44-22-26-17-27(23-44)19-28(18-26)24-44)41-45-42(30-10-13-33-32-6-2-4-8-37(32)48-38(33)20-30)47-43(46-41)31-11-14-35-34-7-3-5-9-39(34)49-40(35)21-31/h2-16,20-21,26-28H,17-19,22-24H2,1H3. The van der Waals surface area contributed by atoms with E-state index < -0.39 is 0 Å². The van der Waals surface area contributed by atoms with Gasteiger partial charge in [0.1, 0.15) is 11.2 Å². The fourth-order valence-electron chi connectivity index (χ4n) is 10.3. The molecule has 3 heterocycles. The molecule has 0 radical (unpaired) electrons. The van der Waals surface area contributed by atoms with Crippen LogP contribution < -0.4 is 0 Å². The molecule has 4 bridgehead atoms. The molecule has 0 atom stereocenters. The van der Waals surface area contributed by atoms with Crippen LogP contribution in [0, 0.1) is 24.7 Å². The lowest BCUT2D eigenvalue weighted by Gasteiger charge is -2.57. The molecule has 0 saturated heterocycles. The average Bonchev–Trinajstić information content (AvgIpc) is 3.68. The highest BCUT2D eigenvalue weighted by Crippen LogP contribution is 2.61. The molecule has 0 aliphatic heterocycles. The molecule has 0 unspecified atom stereocenters. The largest absolute Gasteiger partial charge is 0.456 e. The zero-order valence-electron chi connectivity index (χ0n) is 27.4. The van der Waals surface area contributed by atoms with Crippen molar-refractivity contribution in [2.24, 2.45) is 17.8 Å². The molecule has 12 rings (SSSR count). The van der Waals surface area contributed by atoms with Gasteiger partial charge in [0.05, 0.1) is 0 Å². The molecule has 3 aromatic heterocycles. The second-order valence-electron chi connectivity index (χ2n) is 15.2. The normalized spacial score (nSPS) is 23.0. The van der Waals surface area contributed by atoms with Crippen LogP contribution in [-0.2, 0) is 5.41 Å². The summed E-state index contributed by atoms with van der Waals surface area (Å²) in [4.78, 5) is 15.5. The molecule has 0 amide bonds. The van der Waals surface area contributed by atoms with E-state index in [4.69, 9.17) is 19.4 Å². The quantitative estimate of drug-likeness (QED) is 0.190. The van der Waals surface area contributed by atoms with Gasteiger partial charge in [-0.3, -0.25) is 0 Å². The van der Waals surface area contributed by atoms with E-state index in [0.717, 1.165) is 56.4 Å². The number of hydrogen-bond acceptors (Lipinski definition) is 5. The Morgan fingerprint density at radius 3 is 1.82 bits per heavy atom. The number of hydrogen-bond donors (Lipinski definition) is 0. The Labute approximate surface area is 288 Å². The first-order chi connectivity index (χ1) is 24.0. The smallest absolute Gasteiger partial charge is 0.164 e. The third kappa shape index (κ3) is 4.38. The second kappa shape index (κ2) is 10.3. The SMILES string of the molecule is Cc1cc(-c2nc(-c3ccc4c(c3)oc3ccccc34)nc(-c3ccc4c(c3)sc3ccccc34)n2)ccc1C12CC3CC(CC(C3)C1)C2. The average molecular weight is 654 g/mol. The lowest BCUT2D eigenvalue weighted by atomic mass is 9.47. The summed E-state index contributed by atoms with van der Waals surface area (Å²) in [7, 11) is 0. The molecule has 49 heavy (non-hydrogen) atoms. The number of nitrogens with zero attached hydrogens (tertiary/aromatic N) is 3. The fourth-order valence-corrected chi connectivity index (χ4v) is 11.5. The van der Waals surface area contributed by atoms with Crippen LogP contribution in [0.25, 0.3) is 76.3 Å². The third-order valence-electron chi connectivity index (χ3n) is 12.0. The number of aromatic nitrogens is 3. The summed E-state index contributed by atoms with van der Waals surface area (Å²) in [6.07, 6.45) is 8.47. The van der Waals surface area contributed by atoms with Gasteiger partial charge in [-0.2, -0.15) is 0 Å². The van der Waals surface area contributed by atoms with Crippen LogP contribution >= 0.6 is 11.3 Å². The van der Waals surface area contributed by atoms with Crippen LogP contribution in [0.5, 0.6) is 0 Å². The van der Waals surface area contributed by atoms with Crippen molar-refractivity contribution in [3.8, 4) is 34.2 Å². The van der Waals surface area contributed by atoms with Crippen molar-refractivity contribution >= 4 is 53.4 Å². The van der Waals surface area contributed by atoms with Crippen LogP contribution in [0.4, 0.5) is 0 Å². The zero-order valence-corrected chi connectivity index (χ0v) is 28.3. The number of thiophene rings is 1. The van der Waals surface area contributed by atoms with Crippen molar-refractivity contribution in [2.75, 3.05) is 0 Å². The monoisotopic (exact) mass is 653 g/mol. The van der Waals surface area contributed by atoms with E-state index in [-0.39, 0.29) is 0 Å². The summed E-state index contributed by atoms with van der Waals surface area (Å²) in [5.41, 5.74) is 7.98. The van der Waals surface area contributed by atoms with E-state index in [0.29, 0.717) is 22.9 Å². The maximum Gasteiger partial charge on any atom is 0.164 e. The molecule has 4 nitrogen and oxygen atoms in total. The number of para-hydroxylation sites is 1. The molecule has 4 aliphatic carbocycles. The first-order valence-electron chi connectivity index (χ1n) is 17.8. The Bertz CT molecular complexity index is 2460. The number of aryl methyl sites for hydroxylation is 1. The predicted molar refractivity (Wildman–Crippen MR) is 201 cm³/mol. The van der Waals surface area contributed by atoms with Crippen LogP contribution in [-0.4, -0.2) is 15.0 Å². The van der Waals surface area contributed by atoms with Gasteiger partial charge in [-0.15, -0.1) is 11.3 Å². The van der Waals surface area contributed by atoms with Gasteiger partial charge in [0.15, 0.2) is 17.5 Å². The van der Waals surface area contributed by atoms with E-state index in [2.05, 4.69) is 97.9 Å². The first kappa shape index (κ1) is 28.0. The molecular weight excluding hydrogens is 619 g/mol. The van der Waals surface area contributed by atoms with Gasteiger partial charge in [0.25, 0.3) is 0 Å². The van der Waals surface area contributed by atoms with Crippen LogP contribution in [0.15, 0.2) is 108 Å². The summed E-state index contributed by atoms with van der Waals surface area (Å²) in [6, 6.07) is 36.8. The summed E-state index contributed by atoms with van der Waals surface area (Å²) in [5, 5.41) is 4.78. The molecule has 4 fully saturated rings. The van der Waals surface area contributed by atoms with Gasteiger partial charge in [0.2, 0.25) is 0 Å². The first-order valence-corrected chi connectivity index (χ1v) is 18.6. The van der Waals surface area contributed by atoms with Gasteiger partial charge in [-0.05, 0) is 116 Å². The Kier molecular flexibility index (Phi) is 5.90. The van der Waals surface area contributed by atoms with Crippen molar-refractivity contribution in [1.82, 2.24) is 15.0 Å². The summed E-state index contributed by atoms with van der Waals surface area (Å²) in [6.45, 7) is 2.31. The number of furan rings is 1. The van der Waals surface area contributed by atoms with Gasteiger partial charge in [-0.1, -0.05) is 66.7 Å². The molecule has 5 heteroatoms. The van der Waals surface area contributed by atoms with E-state index in [1.54, 1.807) is 5.56 Å². The zero-order chi connectivity index (χ0) is 32.3. The van der Waals surface area contributed by atoms with Crippen molar-refractivity contribution in [3.05, 3.63) is 114 Å². The molecule has 0 N–H and O–H groups in total. The topological polar surface area (TPSA) is 51.8 Å². The lowest BCUT2D eigenvalue weighted by Crippen LogP contribution is -2.48. The summed E-state index contributed by atoms with van der Waals surface area (Å²) >= 11 is 1.82. The Morgan fingerprint density at radius 2 is 1.10 bits per heavy atom. The minimum atomic E-state index is 0.356. The van der Waals surface area contributed by atoms with E-state index in [1.807, 2.05) is 23.5 Å². The van der Waals surface area contributed by atoms with E-state index in [9.17, 15) is 0 Å². The predicted octanol–water partition coefficient (Wildman–Crippen LogP) is 11.9. The van der Waals surface area contributed by atoms with Gasteiger partial charge < -0.3 is 4.42 Å². The second-order valence-corrected chi connectivity index (χ2v) is 16.2. The van der Waals surface area contributed by atoms with Crippen LogP contribution in [0.2, 0.25) is 0 Å². The van der Waals surface area contributed by atoms with Crippen molar-refractivity contribution in [2.45, 2.75) is 50.9 Å². The Hall–Kier alpha value is -4.87. The van der Waals surface area contributed by atoms with Crippen LogP contribution in [0.3, 0.4) is 0 Å². The highest BCUT2D eigenvalue weighted by atomic mass is 32.1. The molecule has 0 spiro atoms. The van der Waals surface area contributed by atoms with Crippen LogP contribution in [0.1, 0.15) is 49.7 Å². The summed E-state index contributed by atoms with van der Waals surface area (Å²) in [5.74, 6) is 4.80. The minimum Gasteiger partial charge on any atom is -0.456 e. The maximum atomic E-state index is 6.28. The van der Waals surface area contributed by atoms with Crippen molar-refractivity contribution < 1.29 is 4.42 Å². The maximum absolute atomic E-state index is 6.28.